The summed E-state index contributed by atoms with van der Waals surface area (Å²) in [4.78, 5) is 4.57. The first kappa shape index (κ1) is 28.8. The second-order valence-corrected chi connectivity index (χ2v) is 11.8. The number of allylic oxidation sites excluding steroid dienone is 1. The molecule has 5 aromatic carbocycles. The molecule has 0 fully saturated rings. The molecule has 3 aromatic heterocycles. The zero-order valence-electron chi connectivity index (χ0n) is 26.5. The maximum Gasteiger partial charge on any atom is 0.101 e. The molecule has 0 atom stereocenters. The number of fused-ring (bicyclic) bond motifs is 4. The average Bonchev–Trinajstić information content (AvgIpc) is 3.62. The molecule has 0 bridgehead atoms. The zero-order chi connectivity index (χ0) is 32.8. The van der Waals surface area contributed by atoms with Crippen LogP contribution in [-0.4, -0.2) is 14.1 Å². The van der Waals surface area contributed by atoms with Crippen molar-refractivity contribution in [2.75, 3.05) is 0 Å². The molecule has 0 aliphatic heterocycles. The molecular formula is C43H29N5. The molecule has 0 saturated heterocycles. The Kier molecular flexibility index (Phi) is 6.94. The molecule has 0 N–H and O–H groups in total. The Morgan fingerprint density at radius 1 is 0.625 bits per heavy atom. The monoisotopic (exact) mass is 615 g/mol. The van der Waals surface area contributed by atoms with Crippen molar-refractivity contribution in [3.63, 3.8) is 0 Å². The molecule has 8 rings (SSSR count). The van der Waals surface area contributed by atoms with E-state index in [0.29, 0.717) is 11.1 Å². The third kappa shape index (κ3) is 4.42. The van der Waals surface area contributed by atoms with Crippen LogP contribution in [-0.2, 0) is 0 Å². The maximum atomic E-state index is 10.5. The van der Waals surface area contributed by atoms with E-state index in [-0.39, 0.29) is 0 Å². The number of hydrogen-bond acceptors (Lipinski definition) is 3. The van der Waals surface area contributed by atoms with Gasteiger partial charge in [0.05, 0.1) is 51.3 Å². The van der Waals surface area contributed by atoms with Crippen LogP contribution in [0.15, 0.2) is 134 Å². The minimum Gasteiger partial charge on any atom is -0.308 e. The molecule has 0 spiro atoms. The van der Waals surface area contributed by atoms with Gasteiger partial charge in [0.2, 0.25) is 0 Å². The van der Waals surface area contributed by atoms with Crippen LogP contribution >= 0.6 is 0 Å². The van der Waals surface area contributed by atoms with Crippen LogP contribution in [0.4, 0.5) is 0 Å². The van der Waals surface area contributed by atoms with Gasteiger partial charge in [-0.2, -0.15) is 10.5 Å². The third-order valence-corrected chi connectivity index (χ3v) is 9.23. The van der Waals surface area contributed by atoms with Gasteiger partial charge in [-0.1, -0.05) is 78.9 Å². The van der Waals surface area contributed by atoms with Crippen LogP contribution in [0.25, 0.3) is 72.4 Å². The van der Waals surface area contributed by atoms with Crippen molar-refractivity contribution in [1.82, 2.24) is 14.1 Å². The SMILES string of the molecule is C/C=C\c1c(C)c2ccc(C#N)cc2n1-c1cnccc1-c1ccccc1-c1ccc(-n2c3ccccc3c3ccccc32)c(C#N)c1. The number of aromatic nitrogens is 3. The van der Waals surface area contributed by atoms with Crippen LogP contribution in [0, 0.1) is 29.6 Å². The fraction of sp³-hybridized carbons (Fsp3) is 0.0465. The number of aryl methyl sites for hydroxylation is 1. The van der Waals surface area contributed by atoms with Crippen molar-refractivity contribution in [3.05, 3.63) is 156 Å². The normalized spacial score (nSPS) is 11.4. The highest BCUT2D eigenvalue weighted by molar-refractivity contribution is 6.09. The van der Waals surface area contributed by atoms with Gasteiger partial charge in [0.25, 0.3) is 0 Å². The number of para-hydroxylation sites is 2. The number of pyridine rings is 1. The fourth-order valence-electron chi connectivity index (χ4n) is 7.09. The van der Waals surface area contributed by atoms with Gasteiger partial charge < -0.3 is 9.13 Å². The first-order valence-corrected chi connectivity index (χ1v) is 15.9. The van der Waals surface area contributed by atoms with Gasteiger partial charge in [-0.05, 0) is 84.6 Å². The minimum absolute atomic E-state index is 0.593. The minimum atomic E-state index is 0.593. The quantitative estimate of drug-likeness (QED) is 0.193. The Hall–Kier alpha value is -6.69. The van der Waals surface area contributed by atoms with Gasteiger partial charge in [-0.15, -0.1) is 0 Å². The molecule has 0 aliphatic carbocycles. The van der Waals surface area contributed by atoms with Crippen molar-refractivity contribution in [2.24, 2.45) is 0 Å². The number of rotatable bonds is 5. The van der Waals surface area contributed by atoms with Crippen molar-refractivity contribution >= 4 is 38.8 Å². The van der Waals surface area contributed by atoms with Crippen molar-refractivity contribution in [1.29, 1.82) is 10.5 Å². The standard InChI is InChI=1S/C43H29N5/c1-3-10-38-28(2)32-19-17-29(25-44)23-42(32)47(38)43-27-46-22-21-37(43)34-12-5-4-11-33(34)30-18-20-39(31(24-30)26-45)48-40-15-8-6-13-35(40)36-14-7-9-16-41(36)48/h3-24,27H,1-2H3/b10-3-. The first-order valence-electron chi connectivity index (χ1n) is 15.9. The Balaban J connectivity index is 1.33. The summed E-state index contributed by atoms with van der Waals surface area (Å²) in [6.45, 7) is 4.13. The van der Waals surface area contributed by atoms with Gasteiger partial charge in [0.1, 0.15) is 6.07 Å². The molecule has 5 heteroatoms. The highest BCUT2D eigenvalue weighted by atomic mass is 15.0. The largest absolute Gasteiger partial charge is 0.308 e. The van der Waals surface area contributed by atoms with Crippen LogP contribution in [0.2, 0.25) is 0 Å². The molecule has 48 heavy (non-hydrogen) atoms. The van der Waals surface area contributed by atoms with Crippen molar-refractivity contribution in [2.45, 2.75) is 13.8 Å². The molecule has 0 radical (unpaired) electrons. The number of hydrogen-bond donors (Lipinski definition) is 0. The molecule has 0 saturated carbocycles. The van der Waals surface area contributed by atoms with E-state index in [1.54, 1.807) is 0 Å². The molecule has 0 aliphatic rings. The first-order chi connectivity index (χ1) is 23.6. The Morgan fingerprint density at radius 2 is 1.33 bits per heavy atom. The lowest BCUT2D eigenvalue weighted by Gasteiger charge is -2.18. The summed E-state index contributed by atoms with van der Waals surface area (Å²) < 4.78 is 4.40. The third-order valence-electron chi connectivity index (χ3n) is 9.23. The lowest BCUT2D eigenvalue weighted by atomic mass is 9.93. The van der Waals surface area contributed by atoms with Crippen molar-refractivity contribution < 1.29 is 0 Å². The molecular weight excluding hydrogens is 587 g/mol. The van der Waals surface area contributed by atoms with Crippen LogP contribution in [0.5, 0.6) is 0 Å². The van der Waals surface area contributed by atoms with E-state index in [2.05, 4.69) is 99.9 Å². The summed E-state index contributed by atoms with van der Waals surface area (Å²) in [5.74, 6) is 0. The van der Waals surface area contributed by atoms with E-state index in [1.165, 1.54) is 0 Å². The van der Waals surface area contributed by atoms with Gasteiger partial charge in [0, 0.05) is 33.6 Å². The van der Waals surface area contributed by atoms with Crippen LogP contribution in [0.1, 0.15) is 29.3 Å². The zero-order valence-corrected chi connectivity index (χ0v) is 26.5. The molecule has 226 valence electrons. The molecule has 3 heterocycles. The van der Waals surface area contributed by atoms with Gasteiger partial charge in [-0.3, -0.25) is 4.98 Å². The molecule has 0 unspecified atom stereocenters. The topological polar surface area (TPSA) is 70.3 Å². The van der Waals surface area contributed by atoms with Crippen LogP contribution < -0.4 is 0 Å². The van der Waals surface area contributed by atoms with E-state index < -0.39 is 0 Å². The highest BCUT2D eigenvalue weighted by Crippen LogP contribution is 2.40. The summed E-state index contributed by atoms with van der Waals surface area (Å²) in [6.07, 6.45) is 7.85. The van der Waals surface area contributed by atoms with E-state index >= 15 is 0 Å². The van der Waals surface area contributed by atoms with Gasteiger partial charge >= 0.3 is 0 Å². The second-order valence-electron chi connectivity index (χ2n) is 11.8. The lowest BCUT2D eigenvalue weighted by Crippen LogP contribution is -2.02. The van der Waals surface area contributed by atoms with Gasteiger partial charge in [-0.25, -0.2) is 0 Å². The van der Waals surface area contributed by atoms with Crippen molar-refractivity contribution in [3.8, 4) is 45.8 Å². The molecule has 8 aromatic rings. The summed E-state index contributed by atoms with van der Waals surface area (Å²) in [5.41, 5.74) is 12.2. The predicted octanol–water partition coefficient (Wildman–Crippen LogP) is 10.5. The molecule has 0 amide bonds. The summed E-state index contributed by atoms with van der Waals surface area (Å²) in [5, 5.41) is 23.7. The highest BCUT2D eigenvalue weighted by Gasteiger charge is 2.20. The Morgan fingerprint density at radius 3 is 2.04 bits per heavy atom. The van der Waals surface area contributed by atoms with Gasteiger partial charge in [0.15, 0.2) is 0 Å². The van der Waals surface area contributed by atoms with E-state index in [9.17, 15) is 10.5 Å². The maximum absolute atomic E-state index is 10.5. The Bertz CT molecular complexity index is 2620. The summed E-state index contributed by atoms with van der Waals surface area (Å²) in [7, 11) is 0. The summed E-state index contributed by atoms with van der Waals surface area (Å²) >= 11 is 0. The van der Waals surface area contributed by atoms with E-state index in [0.717, 1.165) is 77.6 Å². The number of nitriles is 2. The summed E-state index contributed by atoms with van der Waals surface area (Å²) in [6, 6.07) is 43.9. The number of benzene rings is 5. The average molecular weight is 616 g/mol. The lowest BCUT2D eigenvalue weighted by molar-refractivity contribution is 1.08. The van der Waals surface area contributed by atoms with E-state index in [1.807, 2.05) is 80.0 Å². The molecule has 5 nitrogen and oxygen atoms in total. The predicted molar refractivity (Wildman–Crippen MR) is 195 cm³/mol. The van der Waals surface area contributed by atoms with Crippen LogP contribution in [0.3, 0.4) is 0 Å². The smallest absolute Gasteiger partial charge is 0.101 e. The Labute approximate surface area is 278 Å². The van der Waals surface area contributed by atoms with E-state index in [4.69, 9.17) is 0 Å². The number of nitrogens with zero attached hydrogens (tertiary/aromatic N) is 5. The fourth-order valence-corrected chi connectivity index (χ4v) is 7.09. The second kappa shape index (κ2) is 11.6.